The summed E-state index contributed by atoms with van der Waals surface area (Å²) >= 11 is 0. The summed E-state index contributed by atoms with van der Waals surface area (Å²) in [5, 5.41) is 6.70. The number of aryl methyl sites for hydroxylation is 1. The third-order valence-corrected chi connectivity index (χ3v) is 5.23. The zero-order valence-corrected chi connectivity index (χ0v) is 14.0. The molecule has 4 aromatic carbocycles. The third-order valence-electron chi connectivity index (χ3n) is 5.23. The number of hydrogen-bond acceptors (Lipinski definition) is 2. The van der Waals surface area contributed by atoms with Crippen molar-refractivity contribution in [1.82, 2.24) is 4.57 Å². The van der Waals surface area contributed by atoms with Crippen LogP contribution in [0, 0.1) is 0 Å². The van der Waals surface area contributed by atoms with Crippen LogP contribution in [0.15, 0.2) is 59.4 Å². The lowest BCUT2D eigenvalue weighted by atomic mass is 9.89. The predicted molar refractivity (Wildman–Crippen MR) is 103 cm³/mol. The lowest BCUT2D eigenvalue weighted by Crippen LogP contribution is -2.19. The van der Waals surface area contributed by atoms with Gasteiger partial charge < -0.3 is 4.57 Å². The van der Waals surface area contributed by atoms with Gasteiger partial charge in [-0.15, -0.1) is 0 Å². The Morgan fingerprint density at radius 1 is 0.800 bits per heavy atom. The number of ketones is 1. The van der Waals surface area contributed by atoms with E-state index < -0.39 is 0 Å². The molecule has 3 heteroatoms. The molecule has 0 aliphatic rings. The molecule has 0 radical (unpaired) electrons. The van der Waals surface area contributed by atoms with Crippen LogP contribution in [0.2, 0.25) is 0 Å². The molecule has 0 N–H and O–H groups in total. The summed E-state index contributed by atoms with van der Waals surface area (Å²) in [5.41, 5.74) is 1.29. The van der Waals surface area contributed by atoms with Gasteiger partial charge in [0.25, 0.3) is 5.56 Å². The Balaban J connectivity index is 2.32. The van der Waals surface area contributed by atoms with Gasteiger partial charge in [-0.1, -0.05) is 48.5 Å². The summed E-state index contributed by atoms with van der Waals surface area (Å²) < 4.78 is 1.63. The lowest BCUT2D eigenvalue weighted by Gasteiger charge is -2.18. The average molecular weight is 325 g/mol. The molecule has 0 saturated heterocycles. The van der Waals surface area contributed by atoms with E-state index in [1.54, 1.807) is 18.5 Å². The van der Waals surface area contributed by atoms with Crippen molar-refractivity contribution in [1.29, 1.82) is 0 Å². The van der Waals surface area contributed by atoms with E-state index in [2.05, 4.69) is 12.1 Å². The fourth-order valence-electron chi connectivity index (χ4n) is 4.19. The Morgan fingerprint density at radius 3 is 2.28 bits per heavy atom. The van der Waals surface area contributed by atoms with Gasteiger partial charge in [-0.25, -0.2) is 0 Å². The molecule has 0 aliphatic heterocycles. The molecule has 0 atom stereocenters. The van der Waals surface area contributed by atoms with E-state index in [0.717, 1.165) is 37.8 Å². The topological polar surface area (TPSA) is 39.1 Å². The van der Waals surface area contributed by atoms with E-state index in [1.165, 1.54) is 0 Å². The minimum atomic E-state index is -0.0663. The number of Topliss-reactive ketones (excluding diaryl/α,β-unsaturated/α-hetero) is 1. The van der Waals surface area contributed by atoms with Gasteiger partial charge in [0.15, 0.2) is 5.78 Å². The molecule has 0 amide bonds. The van der Waals surface area contributed by atoms with Crippen LogP contribution in [0.1, 0.15) is 17.3 Å². The number of fused-ring (bicyclic) bond motifs is 2. The number of rotatable bonds is 1. The van der Waals surface area contributed by atoms with Crippen molar-refractivity contribution in [3.8, 4) is 0 Å². The molecule has 0 aliphatic carbocycles. The number of carbonyl (C=O) groups is 1. The highest BCUT2D eigenvalue weighted by Crippen LogP contribution is 2.39. The van der Waals surface area contributed by atoms with Crippen LogP contribution in [-0.4, -0.2) is 10.4 Å². The summed E-state index contributed by atoms with van der Waals surface area (Å²) in [4.78, 5) is 25.5. The second-order valence-electron chi connectivity index (χ2n) is 6.58. The largest absolute Gasteiger partial charge is 0.310 e. The number of hydrogen-bond donors (Lipinski definition) is 0. The van der Waals surface area contributed by atoms with Gasteiger partial charge in [0, 0.05) is 28.8 Å². The molecule has 120 valence electrons. The van der Waals surface area contributed by atoms with Gasteiger partial charge in [-0.3, -0.25) is 9.59 Å². The standard InChI is InChI=1S/C22H15NO2/c1-12(24)18-15-8-4-3-7-14(15)16-11-10-13-6-5-9-17-19(13)20(16)21(18)23(2)22(17)25/h3-11H,1-2H3. The molecule has 0 bridgehead atoms. The highest BCUT2D eigenvalue weighted by atomic mass is 16.1. The van der Waals surface area contributed by atoms with Crippen molar-refractivity contribution >= 4 is 49.0 Å². The summed E-state index contributed by atoms with van der Waals surface area (Å²) in [7, 11) is 1.76. The maximum atomic E-state index is 13.0. The van der Waals surface area contributed by atoms with Crippen molar-refractivity contribution in [3.05, 3.63) is 70.5 Å². The summed E-state index contributed by atoms with van der Waals surface area (Å²) in [6, 6.07) is 17.9. The first-order chi connectivity index (χ1) is 12.1. The number of pyridine rings is 1. The Kier molecular flexibility index (Phi) is 2.65. The van der Waals surface area contributed by atoms with Crippen LogP contribution in [0.3, 0.4) is 0 Å². The molecule has 0 unspecified atom stereocenters. The molecular formula is C22H15NO2. The van der Waals surface area contributed by atoms with Gasteiger partial charge >= 0.3 is 0 Å². The summed E-state index contributed by atoms with van der Waals surface area (Å²) in [6.07, 6.45) is 0. The maximum Gasteiger partial charge on any atom is 0.258 e. The van der Waals surface area contributed by atoms with Gasteiger partial charge in [0.05, 0.1) is 5.52 Å². The van der Waals surface area contributed by atoms with E-state index >= 15 is 0 Å². The van der Waals surface area contributed by atoms with E-state index in [4.69, 9.17) is 0 Å². The Bertz CT molecular complexity index is 1390. The van der Waals surface area contributed by atoms with Crippen LogP contribution in [-0.2, 0) is 7.05 Å². The van der Waals surface area contributed by atoms with Crippen LogP contribution in [0.5, 0.6) is 0 Å². The summed E-state index contributed by atoms with van der Waals surface area (Å²) in [5.74, 6) is -0.0239. The fourth-order valence-corrected chi connectivity index (χ4v) is 4.19. The summed E-state index contributed by atoms with van der Waals surface area (Å²) in [6.45, 7) is 1.57. The number of carbonyl (C=O) groups excluding carboxylic acids is 1. The van der Waals surface area contributed by atoms with Crippen molar-refractivity contribution in [3.63, 3.8) is 0 Å². The number of aromatic nitrogens is 1. The Labute approximate surface area is 143 Å². The normalized spacial score (nSPS) is 11.9. The van der Waals surface area contributed by atoms with Crippen LogP contribution < -0.4 is 5.56 Å². The monoisotopic (exact) mass is 325 g/mol. The van der Waals surface area contributed by atoms with E-state index in [0.29, 0.717) is 10.9 Å². The highest BCUT2D eigenvalue weighted by molar-refractivity contribution is 6.33. The third kappa shape index (κ3) is 1.65. The SMILES string of the molecule is CC(=O)c1c2ccccc2c2ccc3cccc4c(=O)n(C)c1c2c34. The number of benzene rings is 4. The average Bonchev–Trinajstić information content (AvgIpc) is 2.63. The Hall–Kier alpha value is -3.20. The van der Waals surface area contributed by atoms with Crippen molar-refractivity contribution in [2.24, 2.45) is 7.05 Å². The first kappa shape index (κ1) is 14.2. The van der Waals surface area contributed by atoms with Crippen LogP contribution in [0.25, 0.3) is 43.2 Å². The second kappa shape index (κ2) is 4.67. The Morgan fingerprint density at radius 2 is 1.52 bits per heavy atom. The zero-order chi connectivity index (χ0) is 17.3. The lowest BCUT2D eigenvalue weighted by molar-refractivity contribution is 0.102. The molecule has 0 saturated carbocycles. The molecule has 0 fully saturated rings. The van der Waals surface area contributed by atoms with Crippen molar-refractivity contribution < 1.29 is 4.79 Å². The van der Waals surface area contributed by atoms with Gasteiger partial charge in [0.1, 0.15) is 0 Å². The molecule has 5 aromatic rings. The first-order valence-electron chi connectivity index (χ1n) is 8.28. The van der Waals surface area contributed by atoms with E-state index in [9.17, 15) is 9.59 Å². The predicted octanol–water partition coefficient (Wildman–Crippen LogP) is 4.64. The molecular weight excluding hydrogens is 310 g/mol. The smallest absolute Gasteiger partial charge is 0.258 e. The first-order valence-corrected chi connectivity index (χ1v) is 8.28. The quantitative estimate of drug-likeness (QED) is 0.256. The molecule has 1 heterocycles. The molecule has 5 rings (SSSR count). The molecule has 3 nitrogen and oxygen atoms in total. The van der Waals surface area contributed by atoms with Crippen molar-refractivity contribution in [2.75, 3.05) is 0 Å². The number of nitrogens with zero attached hydrogens (tertiary/aromatic N) is 1. The van der Waals surface area contributed by atoms with Crippen molar-refractivity contribution in [2.45, 2.75) is 6.92 Å². The fraction of sp³-hybridized carbons (Fsp3) is 0.0909. The zero-order valence-electron chi connectivity index (χ0n) is 14.0. The second-order valence-corrected chi connectivity index (χ2v) is 6.58. The molecule has 25 heavy (non-hydrogen) atoms. The molecule has 0 spiro atoms. The maximum absolute atomic E-state index is 13.0. The minimum Gasteiger partial charge on any atom is -0.310 e. The van der Waals surface area contributed by atoms with E-state index in [1.807, 2.05) is 42.5 Å². The highest BCUT2D eigenvalue weighted by Gasteiger charge is 2.21. The minimum absolute atomic E-state index is 0.0239. The van der Waals surface area contributed by atoms with Gasteiger partial charge in [0.2, 0.25) is 0 Å². The van der Waals surface area contributed by atoms with Gasteiger partial charge in [-0.2, -0.15) is 0 Å². The van der Waals surface area contributed by atoms with Crippen LogP contribution in [0.4, 0.5) is 0 Å². The van der Waals surface area contributed by atoms with E-state index in [-0.39, 0.29) is 11.3 Å². The molecule has 1 aromatic heterocycles. The van der Waals surface area contributed by atoms with Gasteiger partial charge in [-0.05, 0) is 34.5 Å². The van der Waals surface area contributed by atoms with Crippen LogP contribution >= 0.6 is 0 Å².